The van der Waals surface area contributed by atoms with E-state index in [2.05, 4.69) is 26.1 Å². The van der Waals surface area contributed by atoms with Crippen molar-refractivity contribution in [2.24, 2.45) is 0 Å². The molecule has 1 aromatic heterocycles. The van der Waals surface area contributed by atoms with Crippen molar-refractivity contribution in [2.75, 3.05) is 0 Å². The van der Waals surface area contributed by atoms with Gasteiger partial charge in [0.05, 0.1) is 12.2 Å². The van der Waals surface area contributed by atoms with Crippen molar-refractivity contribution < 1.29 is 4.39 Å². The molecule has 0 atom stereocenters. The van der Waals surface area contributed by atoms with Crippen LogP contribution in [0.5, 0.6) is 0 Å². The Bertz CT molecular complexity index is 995. The molecule has 0 amide bonds. The summed E-state index contributed by atoms with van der Waals surface area (Å²) in [5.74, 6) is 2.73. The molecule has 4 nitrogen and oxygen atoms in total. The topological polar surface area (TPSA) is 42.7 Å². The van der Waals surface area contributed by atoms with Crippen LogP contribution in [0.25, 0.3) is 5.69 Å². The molecule has 152 valence electrons. The van der Waals surface area contributed by atoms with Gasteiger partial charge in [0, 0.05) is 17.5 Å². The van der Waals surface area contributed by atoms with E-state index in [1.807, 2.05) is 24.3 Å². The zero-order valence-electron chi connectivity index (χ0n) is 15.9. The Morgan fingerprint density at radius 3 is 2.41 bits per heavy atom. The Balaban J connectivity index is 0.00000205. The van der Waals surface area contributed by atoms with Crippen LogP contribution in [0.4, 0.5) is 4.39 Å². The number of nitrogens with one attached hydrogen (secondary N) is 1. The van der Waals surface area contributed by atoms with Gasteiger partial charge in [-0.15, -0.1) is 22.6 Å². The van der Waals surface area contributed by atoms with E-state index in [9.17, 15) is 4.39 Å². The molecule has 1 aliphatic heterocycles. The average Bonchev–Trinajstić information content (AvgIpc) is 3.04. The van der Waals surface area contributed by atoms with E-state index in [1.165, 1.54) is 11.1 Å². The summed E-state index contributed by atoms with van der Waals surface area (Å²) in [4.78, 5) is 0. The third-order valence-electron chi connectivity index (χ3n) is 6.07. The maximum absolute atomic E-state index is 13.2. The van der Waals surface area contributed by atoms with Gasteiger partial charge in [0.15, 0.2) is 5.82 Å². The fraction of sp³-hybridized carbons (Fsp3) is 0.364. The Kier molecular flexibility index (Phi) is 5.91. The third kappa shape index (κ3) is 3.91. The smallest absolute Gasteiger partial charge is 0.151 e. The van der Waals surface area contributed by atoms with Crippen LogP contribution >= 0.6 is 24.0 Å². The first-order chi connectivity index (χ1) is 13.7. The van der Waals surface area contributed by atoms with Gasteiger partial charge in [-0.05, 0) is 73.1 Å². The molecular weight excluding hydrogens is 410 g/mol. The van der Waals surface area contributed by atoms with E-state index in [-0.39, 0.29) is 18.2 Å². The summed E-state index contributed by atoms with van der Waals surface area (Å²) in [7, 11) is 0. The highest BCUT2D eigenvalue weighted by Gasteiger charge is 2.29. The number of aromatic nitrogens is 3. The molecule has 1 aliphatic carbocycles. The summed E-state index contributed by atoms with van der Waals surface area (Å²) >= 11 is 6.21. The first kappa shape index (κ1) is 20.3. The van der Waals surface area contributed by atoms with E-state index in [1.54, 1.807) is 12.1 Å². The molecule has 5 rings (SSSR count). The highest BCUT2D eigenvalue weighted by atomic mass is 35.5. The molecule has 2 aliphatic rings. The van der Waals surface area contributed by atoms with Gasteiger partial charge in [-0.2, -0.15) is 0 Å². The van der Waals surface area contributed by atoms with Crippen molar-refractivity contribution in [1.82, 2.24) is 20.1 Å². The number of hydrogen-bond donors (Lipinski definition) is 1. The van der Waals surface area contributed by atoms with Crippen molar-refractivity contribution in [3.63, 3.8) is 0 Å². The maximum atomic E-state index is 13.2. The number of rotatable bonds is 2. The average molecular weight is 433 g/mol. The fourth-order valence-corrected chi connectivity index (χ4v) is 4.81. The predicted molar refractivity (Wildman–Crippen MR) is 115 cm³/mol. The molecule has 0 bridgehead atoms. The Morgan fingerprint density at radius 2 is 1.66 bits per heavy atom. The van der Waals surface area contributed by atoms with Gasteiger partial charge in [0.2, 0.25) is 0 Å². The molecule has 1 fully saturated rings. The zero-order valence-corrected chi connectivity index (χ0v) is 17.5. The predicted octanol–water partition coefficient (Wildman–Crippen LogP) is 5.53. The van der Waals surface area contributed by atoms with Crippen LogP contribution in [0.3, 0.4) is 0 Å². The summed E-state index contributed by atoms with van der Waals surface area (Å²) in [6, 6.07) is 13.0. The van der Waals surface area contributed by atoms with Gasteiger partial charge >= 0.3 is 0 Å². The van der Waals surface area contributed by atoms with E-state index < -0.39 is 0 Å². The number of benzene rings is 2. The lowest BCUT2D eigenvalue weighted by Gasteiger charge is -2.28. The fourth-order valence-electron chi connectivity index (χ4n) is 4.61. The Morgan fingerprint density at radius 1 is 0.931 bits per heavy atom. The normalized spacial score (nSPS) is 20.9. The number of nitrogens with zero attached hydrogens (tertiary/aromatic N) is 3. The van der Waals surface area contributed by atoms with Crippen LogP contribution in [0.2, 0.25) is 5.02 Å². The molecule has 1 saturated carbocycles. The second-order valence-corrected chi connectivity index (χ2v) is 8.22. The molecule has 2 aromatic carbocycles. The summed E-state index contributed by atoms with van der Waals surface area (Å²) in [5.41, 5.74) is 3.54. The lowest BCUT2D eigenvalue weighted by molar-refractivity contribution is 0.382. The minimum Gasteiger partial charge on any atom is -0.306 e. The molecule has 0 spiro atoms. The summed E-state index contributed by atoms with van der Waals surface area (Å²) in [6.07, 6.45) is 4.31. The third-order valence-corrected chi connectivity index (χ3v) is 6.30. The molecule has 7 heteroatoms. The van der Waals surface area contributed by atoms with Crippen molar-refractivity contribution >= 4 is 24.0 Å². The first-order valence-corrected chi connectivity index (χ1v) is 10.3. The highest BCUT2D eigenvalue weighted by Crippen LogP contribution is 2.41. The number of fused-ring (bicyclic) bond motifs is 3. The van der Waals surface area contributed by atoms with Gasteiger partial charge in [0.1, 0.15) is 11.6 Å². The molecule has 1 N–H and O–H groups in total. The van der Waals surface area contributed by atoms with Gasteiger partial charge in [-0.1, -0.05) is 23.7 Å². The molecule has 2 heterocycles. The van der Waals surface area contributed by atoms with Gasteiger partial charge in [0.25, 0.3) is 0 Å². The summed E-state index contributed by atoms with van der Waals surface area (Å²) < 4.78 is 15.4. The van der Waals surface area contributed by atoms with E-state index in [4.69, 9.17) is 11.6 Å². The lowest BCUT2D eigenvalue weighted by Crippen LogP contribution is -2.17. The van der Waals surface area contributed by atoms with Crippen LogP contribution in [0, 0.1) is 5.82 Å². The molecule has 29 heavy (non-hydrogen) atoms. The van der Waals surface area contributed by atoms with Gasteiger partial charge in [-0.3, -0.25) is 4.57 Å². The monoisotopic (exact) mass is 432 g/mol. The molecule has 3 aromatic rings. The second-order valence-electron chi connectivity index (χ2n) is 7.79. The minimum atomic E-state index is -0.170. The Hall–Kier alpha value is -1.95. The first-order valence-electron chi connectivity index (χ1n) is 9.88. The molecule has 0 unspecified atom stereocenters. The summed E-state index contributed by atoms with van der Waals surface area (Å²) in [6.45, 7) is 1.47. The molecule has 0 radical (unpaired) electrons. The van der Waals surface area contributed by atoms with Crippen LogP contribution in [0.1, 0.15) is 60.3 Å². The SMILES string of the molecule is Cl.Fc1ccc([C@H]2CC[C@H](c3nnc4n3-c3ccc(Cl)cc3CNC4)CC2)cc1. The van der Waals surface area contributed by atoms with E-state index in [0.717, 1.165) is 54.6 Å². The van der Waals surface area contributed by atoms with Gasteiger partial charge < -0.3 is 5.32 Å². The lowest BCUT2D eigenvalue weighted by atomic mass is 9.78. The van der Waals surface area contributed by atoms with Crippen molar-refractivity contribution in [3.8, 4) is 5.69 Å². The largest absolute Gasteiger partial charge is 0.306 e. The van der Waals surface area contributed by atoms with Crippen molar-refractivity contribution in [2.45, 2.75) is 50.6 Å². The molecular formula is C22H23Cl2FN4. The summed E-state index contributed by atoms with van der Waals surface area (Å²) in [5, 5.41) is 13.2. The Labute approximate surface area is 180 Å². The maximum Gasteiger partial charge on any atom is 0.151 e. The number of hydrogen-bond acceptors (Lipinski definition) is 3. The van der Waals surface area contributed by atoms with E-state index in [0.29, 0.717) is 18.4 Å². The number of halogens is 3. The molecule has 0 saturated heterocycles. The van der Waals surface area contributed by atoms with Crippen LogP contribution in [-0.4, -0.2) is 14.8 Å². The van der Waals surface area contributed by atoms with Crippen molar-refractivity contribution in [1.29, 1.82) is 0 Å². The highest BCUT2D eigenvalue weighted by molar-refractivity contribution is 6.30. The quantitative estimate of drug-likeness (QED) is 0.578. The van der Waals surface area contributed by atoms with Crippen LogP contribution in [0.15, 0.2) is 42.5 Å². The van der Waals surface area contributed by atoms with Gasteiger partial charge in [-0.25, -0.2) is 4.39 Å². The minimum absolute atomic E-state index is 0. The van der Waals surface area contributed by atoms with Crippen LogP contribution in [-0.2, 0) is 13.1 Å². The van der Waals surface area contributed by atoms with E-state index >= 15 is 0 Å². The van der Waals surface area contributed by atoms with Crippen LogP contribution < -0.4 is 5.32 Å². The standard InChI is InChI=1S/C22H22ClFN4.ClH/c23-18-7-10-20-17(11-18)12-25-13-21-26-27-22(28(20)21)16-3-1-14(2-4-16)15-5-8-19(24)9-6-15;/h5-11,14,16,25H,1-4,12-13H2;1H/t14-,16-;. The van der Waals surface area contributed by atoms with Crippen molar-refractivity contribution in [3.05, 3.63) is 76.1 Å². The zero-order chi connectivity index (χ0) is 19.1. The second kappa shape index (κ2) is 8.42.